The van der Waals surface area contributed by atoms with Crippen molar-refractivity contribution in [1.82, 2.24) is 9.97 Å². The van der Waals surface area contributed by atoms with Crippen molar-refractivity contribution < 1.29 is 9.47 Å². The zero-order chi connectivity index (χ0) is 17.1. The molecule has 2 saturated heterocycles. The molecule has 1 aromatic carbocycles. The van der Waals surface area contributed by atoms with Crippen LogP contribution in [0.2, 0.25) is 0 Å². The zero-order valence-electron chi connectivity index (χ0n) is 14.7. The van der Waals surface area contributed by atoms with Gasteiger partial charge in [-0.15, -0.1) is 0 Å². The maximum atomic E-state index is 6.28. The molecule has 0 amide bonds. The molecule has 2 aromatic rings. The Hall–Kier alpha value is -1.98. The summed E-state index contributed by atoms with van der Waals surface area (Å²) < 4.78 is 12.0. The highest BCUT2D eigenvalue weighted by atomic mass is 16.6. The summed E-state index contributed by atoms with van der Waals surface area (Å²) in [5, 5.41) is 0. The Kier molecular flexibility index (Phi) is 4.68. The minimum Gasteiger partial charge on any atom is -0.378 e. The summed E-state index contributed by atoms with van der Waals surface area (Å²) in [4.78, 5) is 11.6. The number of nitrogens with zero attached hydrogens (tertiary/aromatic N) is 3. The average Bonchev–Trinajstić information content (AvgIpc) is 2.63. The first-order chi connectivity index (χ1) is 12.2. The van der Waals surface area contributed by atoms with Crippen molar-refractivity contribution in [1.29, 1.82) is 0 Å². The third-order valence-corrected chi connectivity index (χ3v) is 4.91. The first kappa shape index (κ1) is 16.5. The van der Waals surface area contributed by atoms with Crippen molar-refractivity contribution in [2.75, 3.05) is 31.2 Å². The third-order valence-electron chi connectivity index (χ3n) is 4.91. The molecule has 2 aliphatic heterocycles. The number of rotatable bonds is 3. The zero-order valence-corrected chi connectivity index (χ0v) is 14.7. The fourth-order valence-electron chi connectivity index (χ4n) is 3.87. The maximum Gasteiger partial charge on any atom is 0.135 e. The van der Waals surface area contributed by atoms with Crippen LogP contribution in [0.15, 0.2) is 42.6 Å². The largest absolute Gasteiger partial charge is 0.378 e. The molecule has 0 saturated carbocycles. The van der Waals surface area contributed by atoms with Gasteiger partial charge in [0.15, 0.2) is 0 Å². The molecule has 2 aliphatic rings. The minimum atomic E-state index is -0.194. The van der Waals surface area contributed by atoms with Crippen LogP contribution >= 0.6 is 0 Å². The second kappa shape index (κ2) is 7.10. The smallest absolute Gasteiger partial charge is 0.135 e. The van der Waals surface area contributed by atoms with E-state index in [1.807, 2.05) is 18.3 Å². The van der Waals surface area contributed by atoms with E-state index < -0.39 is 0 Å². The number of morpholine rings is 1. The molecular weight excluding hydrogens is 314 g/mol. The number of hydrogen-bond donors (Lipinski definition) is 0. The Labute approximate surface area is 149 Å². The van der Waals surface area contributed by atoms with Crippen LogP contribution in [-0.4, -0.2) is 48.0 Å². The van der Waals surface area contributed by atoms with Crippen LogP contribution in [0, 0.1) is 0 Å². The van der Waals surface area contributed by atoms with Crippen molar-refractivity contribution in [3.63, 3.8) is 0 Å². The van der Waals surface area contributed by atoms with Crippen molar-refractivity contribution in [3.8, 4) is 0 Å². The highest BCUT2D eigenvalue weighted by Crippen LogP contribution is 2.31. The Morgan fingerprint density at radius 2 is 2.12 bits per heavy atom. The minimum absolute atomic E-state index is 0.169. The van der Waals surface area contributed by atoms with Crippen molar-refractivity contribution in [3.05, 3.63) is 54.0 Å². The summed E-state index contributed by atoms with van der Waals surface area (Å²) in [6.45, 7) is 5.33. The summed E-state index contributed by atoms with van der Waals surface area (Å²) >= 11 is 0. The lowest BCUT2D eigenvalue weighted by molar-refractivity contribution is -0.160. The van der Waals surface area contributed by atoms with Crippen LogP contribution in [0.5, 0.6) is 0 Å². The molecule has 5 heteroatoms. The van der Waals surface area contributed by atoms with Gasteiger partial charge in [0.25, 0.3) is 0 Å². The maximum absolute atomic E-state index is 6.28. The normalized spacial score (nSPS) is 26.8. The predicted octanol–water partition coefficient (Wildman–Crippen LogP) is 2.84. The fourth-order valence-corrected chi connectivity index (χ4v) is 3.87. The summed E-state index contributed by atoms with van der Waals surface area (Å²) in [5.41, 5.74) is 1.03. The lowest BCUT2D eigenvalue weighted by atomic mass is 9.93. The van der Waals surface area contributed by atoms with Crippen LogP contribution < -0.4 is 4.90 Å². The number of anilines is 1. The summed E-state index contributed by atoms with van der Waals surface area (Å²) in [7, 11) is 0. The van der Waals surface area contributed by atoms with Gasteiger partial charge in [0.2, 0.25) is 0 Å². The van der Waals surface area contributed by atoms with Gasteiger partial charge in [-0.05, 0) is 31.4 Å². The number of aromatic nitrogens is 2. The average molecular weight is 339 g/mol. The lowest BCUT2D eigenvalue weighted by Crippen LogP contribution is -2.58. The molecule has 3 heterocycles. The number of benzene rings is 1. The van der Waals surface area contributed by atoms with Crippen LogP contribution in [-0.2, 0) is 15.9 Å². The summed E-state index contributed by atoms with van der Waals surface area (Å²) in [5.74, 6) is 1.85. The molecule has 0 bridgehead atoms. The van der Waals surface area contributed by atoms with Crippen molar-refractivity contribution in [2.45, 2.75) is 37.9 Å². The molecule has 2 fully saturated rings. The first-order valence-electron chi connectivity index (χ1n) is 9.09. The fraction of sp³-hybridized carbons (Fsp3) is 0.500. The molecule has 1 aromatic heterocycles. The predicted molar refractivity (Wildman–Crippen MR) is 96.8 cm³/mol. The van der Waals surface area contributed by atoms with E-state index in [1.165, 1.54) is 5.56 Å². The van der Waals surface area contributed by atoms with E-state index in [4.69, 9.17) is 14.5 Å². The van der Waals surface area contributed by atoms with Gasteiger partial charge in [-0.2, -0.15) is 0 Å². The number of hydrogen-bond acceptors (Lipinski definition) is 5. The Morgan fingerprint density at radius 3 is 2.92 bits per heavy atom. The van der Waals surface area contributed by atoms with Gasteiger partial charge in [0.05, 0.1) is 19.3 Å². The van der Waals surface area contributed by atoms with E-state index in [0.717, 1.165) is 50.6 Å². The SMILES string of the molecule is C[C@@H]1CN(c2ccnc(Cc3ccccc3)n2)C[C@]2(CCCOC2)O1. The van der Waals surface area contributed by atoms with E-state index in [1.54, 1.807) is 0 Å². The van der Waals surface area contributed by atoms with Crippen molar-refractivity contribution in [2.24, 2.45) is 0 Å². The molecule has 0 aliphatic carbocycles. The van der Waals surface area contributed by atoms with Gasteiger partial charge in [-0.1, -0.05) is 30.3 Å². The molecule has 4 rings (SSSR count). The molecule has 25 heavy (non-hydrogen) atoms. The van der Waals surface area contributed by atoms with E-state index >= 15 is 0 Å². The summed E-state index contributed by atoms with van der Waals surface area (Å²) in [6.07, 6.45) is 4.90. The molecule has 1 spiro atoms. The van der Waals surface area contributed by atoms with Gasteiger partial charge in [0.1, 0.15) is 17.2 Å². The van der Waals surface area contributed by atoms with E-state index in [0.29, 0.717) is 6.61 Å². The van der Waals surface area contributed by atoms with Gasteiger partial charge in [-0.3, -0.25) is 0 Å². The Balaban J connectivity index is 1.53. The molecule has 0 unspecified atom stereocenters. The van der Waals surface area contributed by atoms with Crippen LogP contribution in [0.1, 0.15) is 31.2 Å². The van der Waals surface area contributed by atoms with E-state index in [2.05, 4.69) is 41.1 Å². The van der Waals surface area contributed by atoms with E-state index in [-0.39, 0.29) is 11.7 Å². The van der Waals surface area contributed by atoms with Gasteiger partial charge in [0, 0.05) is 25.8 Å². The molecule has 2 atom stereocenters. The molecule has 5 nitrogen and oxygen atoms in total. The van der Waals surface area contributed by atoms with Crippen molar-refractivity contribution >= 4 is 5.82 Å². The lowest BCUT2D eigenvalue weighted by Gasteiger charge is -2.47. The Morgan fingerprint density at radius 1 is 1.24 bits per heavy atom. The quantitative estimate of drug-likeness (QED) is 0.860. The van der Waals surface area contributed by atoms with Crippen LogP contribution in [0.3, 0.4) is 0 Å². The second-order valence-electron chi connectivity index (χ2n) is 7.14. The monoisotopic (exact) mass is 339 g/mol. The van der Waals surface area contributed by atoms with Gasteiger partial charge < -0.3 is 14.4 Å². The highest BCUT2D eigenvalue weighted by Gasteiger charge is 2.41. The van der Waals surface area contributed by atoms with Crippen LogP contribution in [0.25, 0.3) is 0 Å². The standard InChI is InChI=1S/C20H25N3O2/c1-16-13-23(14-20(25-16)9-5-11-24-15-20)19-8-10-21-18(22-19)12-17-6-3-2-4-7-17/h2-4,6-8,10,16H,5,9,11-15H2,1H3/t16-,20+/m1/s1. The second-order valence-corrected chi connectivity index (χ2v) is 7.14. The van der Waals surface area contributed by atoms with Gasteiger partial charge >= 0.3 is 0 Å². The summed E-state index contributed by atoms with van der Waals surface area (Å²) in [6, 6.07) is 12.4. The topological polar surface area (TPSA) is 47.5 Å². The van der Waals surface area contributed by atoms with Crippen LogP contribution in [0.4, 0.5) is 5.82 Å². The third kappa shape index (κ3) is 3.83. The highest BCUT2D eigenvalue weighted by molar-refractivity contribution is 5.40. The molecule has 0 radical (unpaired) electrons. The number of ether oxygens (including phenoxy) is 2. The molecule has 132 valence electrons. The van der Waals surface area contributed by atoms with E-state index in [9.17, 15) is 0 Å². The first-order valence-corrected chi connectivity index (χ1v) is 9.09. The molecular formula is C20H25N3O2. The molecule has 0 N–H and O–H groups in total. The van der Waals surface area contributed by atoms with Gasteiger partial charge in [-0.25, -0.2) is 9.97 Å². The Bertz CT molecular complexity index is 701.